The molecule has 1 N–H and O–H groups in total. The molecule has 116 valence electrons. The molecule has 2 heterocycles. The molecular formula is C15H16FN3O3. The van der Waals surface area contributed by atoms with Crippen LogP contribution in [0.25, 0.3) is 0 Å². The van der Waals surface area contributed by atoms with Crippen LogP contribution in [0.2, 0.25) is 0 Å². The van der Waals surface area contributed by atoms with Crippen molar-refractivity contribution in [3.05, 3.63) is 47.6 Å². The number of hydrogen-bond acceptors (Lipinski definition) is 5. The van der Waals surface area contributed by atoms with Gasteiger partial charge in [0.25, 0.3) is 5.91 Å². The van der Waals surface area contributed by atoms with Crippen LogP contribution in [-0.4, -0.2) is 42.3 Å². The van der Waals surface area contributed by atoms with Crippen LogP contribution in [0.1, 0.15) is 16.2 Å². The second kappa shape index (κ2) is 6.67. The lowest BCUT2D eigenvalue weighted by molar-refractivity contribution is 0.0305. The van der Waals surface area contributed by atoms with E-state index in [2.05, 4.69) is 15.4 Å². The molecule has 3 rings (SSSR count). The summed E-state index contributed by atoms with van der Waals surface area (Å²) in [6.45, 7) is 3.63. The van der Waals surface area contributed by atoms with Crippen molar-refractivity contribution in [2.24, 2.45) is 0 Å². The molecule has 6 nitrogen and oxygen atoms in total. The SMILES string of the molecule is O=C(Nc1cccc(F)c1)c1cc(CN2CCOCC2)on1. The van der Waals surface area contributed by atoms with Crippen molar-refractivity contribution in [2.45, 2.75) is 6.54 Å². The number of nitrogens with zero attached hydrogens (tertiary/aromatic N) is 2. The minimum Gasteiger partial charge on any atom is -0.379 e. The average Bonchev–Trinajstić information content (AvgIpc) is 2.97. The third-order valence-electron chi connectivity index (χ3n) is 3.36. The van der Waals surface area contributed by atoms with E-state index in [-0.39, 0.29) is 5.69 Å². The Hall–Kier alpha value is -2.25. The van der Waals surface area contributed by atoms with E-state index in [9.17, 15) is 9.18 Å². The van der Waals surface area contributed by atoms with Gasteiger partial charge in [0.05, 0.1) is 19.8 Å². The molecule has 22 heavy (non-hydrogen) atoms. The Bertz CT molecular complexity index is 653. The Morgan fingerprint density at radius 2 is 2.14 bits per heavy atom. The van der Waals surface area contributed by atoms with Crippen LogP contribution in [0.5, 0.6) is 0 Å². The van der Waals surface area contributed by atoms with E-state index in [1.165, 1.54) is 18.2 Å². The van der Waals surface area contributed by atoms with Gasteiger partial charge in [0.15, 0.2) is 11.5 Å². The summed E-state index contributed by atoms with van der Waals surface area (Å²) in [6.07, 6.45) is 0. The van der Waals surface area contributed by atoms with Crippen LogP contribution < -0.4 is 5.32 Å². The Morgan fingerprint density at radius 1 is 1.32 bits per heavy atom. The number of carbonyl (C=O) groups is 1. The molecule has 7 heteroatoms. The summed E-state index contributed by atoms with van der Waals surface area (Å²) in [5, 5.41) is 6.34. The normalized spacial score (nSPS) is 15.7. The summed E-state index contributed by atoms with van der Waals surface area (Å²) >= 11 is 0. The second-order valence-corrected chi connectivity index (χ2v) is 5.03. The van der Waals surface area contributed by atoms with Gasteiger partial charge < -0.3 is 14.6 Å². The molecule has 0 aliphatic carbocycles. The quantitative estimate of drug-likeness (QED) is 0.934. The highest BCUT2D eigenvalue weighted by Crippen LogP contribution is 2.13. The first kappa shape index (κ1) is 14.7. The predicted octanol–water partition coefficient (Wildman–Crippen LogP) is 1.90. The fraction of sp³-hybridized carbons (Fsp3) is 0.333. The van der Waals surface area contributed by atoms with E-state index in [0.717, 1.165) is 13.1 Å². The van der Waals surface area contributed by atoms with E-state index in [4.69, 9.17) is 9.26 Å². The monoisotopic (exact) mass is 305 g/mol. The van der Waals surface area contributed by atoms with Crippen LogP contribution in [0.15, 0.2) is 34.9 Å². The standard InChI is InChI=1S/C15H16FN3O3/c16-11-2-1-3-12(8-11)17-15(20)14-9-13(22-18-14)10-19-4-6-21-7-5-19/h1-3,8-9H,4-7,10H2,(H,17,20). The summed E-state index contributed by atoms with van der Waals surface area (Å²) in [6, 6.07) is 7.29. The van der Waals surface area contributed by atoms with Crippen LogP contribution in [-0.2, 0) is 11.3 Å². The van der Waals surface area contributed by atoms with Gasteiger partial charge in [-0.15, -0.1) is 0 Å². The van der Waals surface area contributed by atoms with E-state index >= 15 is 0 Å². The highest BCUT2D eigenvalue weighted by molar-refractivity contribution is 6.02. The van der Waals surface area contributed by atoms with Gasteiger partial charge >= 0.3 is 0 Å². The first-order chi connectivity index (χ1) is 10.7. The summed E-state index contributed by atoms with van der Waals surface area (Å²) in [5.74, 6) is -0.222. The van der Waals surface area contributed by atoms with Gasteiger partial charge in [-0.05, 0) is 18.2 Å². The summed E-state index contributed by atoms with van der Waals surface area (Å²) < 4.78 is 23.5. The summed E-state index contributed by atoms with van der Waals surface area (Å²) in [7, 11) is 0. The average molecular weight is 305 g/mol. The first-order valence-electron chi connectivity index (χ1n) is 7.03. The van der Waals surface area contributed by atoms with Gasteiger partial charge in [-0.1, -0.05) is 11.2 Å². The molecule has 2 aromatic rings. The Morgan fingerprint density at radius 3 is 2.91 bits per heavy atom. The number of anilines is 1. The molecule has 1 fully saturated rings. The number of halogens is 1. The number of rotatable bonds is 4. The van der Waals surface area contributed by atoms with Crippen LogP contribution in [0.3, 0.4) is 0 Å². The van der Waals surface area contributed by atoms with Gasteiger partial charge in [0, 0.05) is 24.8 Å². The molecule has 1 aromatic carbocycles. The van der Waals surface area contributed by atoms with Crippen molar-refractivity contribution in [2.75, 3.05) is 31.6 Å². The van der Waals surface area contributed by atoms with Gasteiger partial charge in [0.1, 0.15) is 5.82 Å². The zero-order valence-corrected chi connectivity index (χ0v) is 11.9. The number of ether oxygens (including phenoxy) is 1. The highest BCUT2D eigenvalue weighted by atomic mass is 19.1. The van der Waals surface area contributed by atoms with Crippen molar-refractivity contribution >= 4 is 11.6 Å². The molecule has 0 saturated carbocycles. The number of morpholine rings is 1. The Kier molecular flexibility index (Phi) is 4.45. The van der Waals surface area contributed by atoms with Crippen molar-refractivity contribution < 1.29 is 18.4 Å². The number of amides is 1. The van der Waals surface area contributed by atoms with Crippen molar-refractivity contribution in [3.63, 3.8) is 0 Å². The van der Waals surface area contributed by atoms with Crippen molar-refractivity contribution in [1.29, 1.82) is 0 Å². The van der Waals surface area contributed by atoms with Gasteiger partial charge in [-0.3, -0.25) is 9.69 Å². The summed E-state index contributed by atoms with van der Waals surface area (Å²) in [4.78, 5) is 14.2. The predicted molar refractivity (Wildman–Crippen MR) is 77.0 cm³/mol. The number of nitrogens with one attached hydrogen (secondary N) is 1. The number of hydrogen-bond donors (Lipinski definition) is 1. The lowest BCUT2D eigenvalue weighted by Crippen LogP contribution is -2.35. The minimum atomic E-state index is -0.428. The van der Waals surface area contributed by atoms with E-state index in [1.807, 2.05) is 0 Å². The molecule has 0 spiro atoms. The molecule has 1 aromatic heterocycles. The van der Waals surface area contributed by atoms with Gasteiger partial charge in [-0.25, -0.2) is 4.39 Å². The van der Waals surface area contributed by atoms with Crippen molar-refractivity contribution in [1.82, 2.24) is 10.1 Å². The van der Waals surface area contributed by atoms with Crippen LogP contribution in [0, 0.1) is 5.82 Å². The molecule has 0 radical (unpaired) electrons. The van der Waals surface area contributed by atoms with Gasteiger partial charge in [0.2, 0.25) is 0 Å². The van der Waals surface area contributed by atoms with Crippen molar-refractivity contribution in [3.8, 4) is 0 Å². The Balaban J connectivity index is 1.61. The minimum absolute atomic E-state index is 0.174. The smallest absolute Gasteiger partial charge is 0.277 e. The highest BCUT2D eigenvalue weighted by Gasteiger charge is 2.16. The van der Waals surface area contributed by atoms with Crippen LogP contribution >= 0.6 is 0 Å². The number of benzene rings is 1. The molecule has 0 bridgehead atoms. The zero-order valence-electron chi connectivity index (χ0n) is 11.9. The molecule has 0 unspecified atom stereocenters. The Labute approximate surface area is 126 Å². The lowest BCUT2D eigenvalue weighted by atomic mass is 10.3. The largest absolute Gasteiger partial charge is 0.379 e. The maximum Gasteiger partial charge on any atom is 0.277 e. The maximum atomic E-state index is 13.1. The molecule has 1 aliphatic heterocycles. The maximum absolute atomic E-state index is 13.1. The van der Waals surface area contributed by atoms with E-state index < -0.39 is 11.7 Å². The van der Waals surface area contributed by atoms with Crippen LogP contribution in [0.4, 0.5) is 10.1 Å². The molecule has 1 saturated heterocycles. The fourth-order valence-corrected chi connectivity index (χ4v) is 2.24. The number of aromatic nitrogens is 1. The first-order valence-corrected chi connectivity index (χ1v) is 7.03. The van der Waals surface area contributed by atoms with Gasteiger partial charge in [-0.2, -0.15) is 0 Å². The van der Waals surface area contributed by atoms with E-state index in [0.29, 0.717) is 31.2 Å². The molecule has 1 amide bonds. The molecule has 1 aliphatic rings. The topological polar surface area (TPSA) is 67.6 Å². The third kappa shape index (κ3) is 3.69. The third-order valence-corrected chi connectivity index (χ3v) is 3.36. The zero-order chi connectivity index (χ0) is 15.4. The summed E-state index contributed by atoms with van der Waals surface area (Å²) in [5.41, 5.74) is 0.551. The lowest BCUT2D eigenvalue weighted by Gasteiger charge is -2.25. The molecular weight excluding hydrogens is 289 g/mol. The second-order valence-electron chi connectivity index (χ2n) is 5.03. The van der Waals surface area contributed by atoms with E-state index in [1.54, 1.807) is 12.1 Å². The molecule has 0 atom stereocenters. The fourth-order valence-electron chi connectivity index (χ4n) is 2.24. The number of carbonyl (C=O) groups excluding carboxylic acids is 1.